The highest BCUT2D eigenvalue weighted by Gasteiger charge is 2.24. The molecule has 1 aromatic carbocycles. The average Bonchev–Trinajstić information content (AvgIpc) is 3.08. The molecule has 1 saturated carbocycles. The fourth-order valence-electron chi connectivity index (χ4n) is 3.79. The van der Waals surface area contributed by atoms with Crippen LogP contribution < -0.4 is 10.1 Å². The number of amides is 1. The minimum Gasteiger partial charge on any atom is -0.490 e. The first-order valence-electron chi connectivity index (χ1n) is 8.97. The number of piperidine rings is 1. The minimum atomic E-state index is 0.141. The van der Waals surface area contributed by atoms with E-state index in [0.29, 0.717) is 12.0 Å². The van der Waals surface area contributed by atoms with Crippen LogP contribution in [-0.2, 0) is 0 Å². The van der Waals surface area contributed by atoms with E-state index < -0.39 is 0 Å². The fraction of sp³-hybridized carbons (Fsp3) is 0.632. The molecular weight excluding hydrogens is 288 g/mol. The second kappa shape index (κ2) is 7.82. The largest absolute Gasteiger partial charge is 0.490 e. The second-order valence-electron chi connectivity index (χ2n) is 6.87. The number of carbonyl (C=O) groups is 1. The Kier molecular flexibility index (Phi) is 5.55. The third-order valence-electron chi connectivity index (χ3n) is 4.98. The minimum absolute atomic E-state index is 0.141. The second-order valence-corrected chi connectivity index (χ2v) is 6.87. The Morgan fingerprint density at radius 1 is 1.26 bits per heavy atom. The molecule has 1 N–H and O–H groups in total. The van der Waals surface area contributed by atoms with Crippen LogP contribution in [0.4, 0.5) is 0 Å². The first-order valence-corrected chi connectivity index (χ1v) is 8.97. The number of benzene rings is 1. The van der Waals surface area contributed by atoms with Gasteiger partial charge in [0.1, 0.15) is 5.75 Å². The lowest BCUT2D eigenvalue weighted by molar-refractivity contribution is 0.0673. The summed E-state index contributed by atoms with van der Waals surface area (Å²) in [4.78, 5) is 14.8. The highest BCUT2D eigenvalue weighted by atomic mass is 16.5. The van der Waals surface area contributed by atoms with Crippen molar-refractivity contribution in [1.29, 1.82) is 0 Å². The standard InChI is InChI=1S/C19H28N2O2/c1-20-13-15-6-5-11-21(14-15)19(22)16-7-4-10-18(12-16)23-17-8-2-3-9-17/h4,7,10,12,15,17,20H,2-3,5-6,8-9,11,13-14H2,1H3. The maximum atomic E-state index is 12.8. The third kappa shape index (κ3) is 4.25. The van der Waals surface area contributed by atoms with Gasteiger partial charge >= 0.3 is 0 Å². The molecule has 4 nitrogen and oxygen atoms in total. The summed E-state index contributed by atoms with van der Waals surface area (Å²) in [5.41, 5.74) is 0.755. The molecule has 23 heavy (non-hydrogen) atoms. The average molecular weight is 316 g/mol. The maximum absolute atomic E-state index is 12.8. The molecule has 1 aliphatic carbocycles. The third-order valence-corrected chi connectivity index (χ3v) is 4.98. The lowest BCUT2D eigenvalue weighted by atomic mass is 9.97. The van der Waals surface area contributed by atoms with Crippen LogP contribution >= 0.6 is 0 Å². The van der Waals surface area contributed by atoms with Crippen LogP contribution in [0.25, 0.3) is 0 Å². The molecule has 1 atom stereocenters. The van der Waals surface area contributed by atoms with Gasteiger partial charge in [0.15, 0.2) is 0 Å². The van der Waals surface area contributed by atoms with Crippen LogP contribution in [0.2, 0.25) is 0 Å². The Hall–Kier alpha value is -1.55. The highest BCUT2D eigenvalue weighted by Crippen LogP contribution is 2.25. The zero-order chi connectivity index (χ0) is 16.1. The monoisotopic (exact) mass is 316 g/mol. The molecule has 126 valence electrons. The number of nitrogens with one attached hydrogen (secondary N) is 1. The van der Waals surface area contributed by atoms with E-state index >= 15 is 0 Å². The topological polar surface area (TPSA) is 41.6 Å². The Morgan fingerprint density at radius 3 is 2.87 bits per heavy atom. The lowest BCUT2D eigenvalue weighted by Gasteiger charge is -2.32. The normalized spacial score (nSPS) is 22.3. The summed E-state index contributed by atoms with van der Waals surface area (Å²) in [5.74, 6) is 1.55. The number of ether oxygens (including phenoxy) is 1. The Bertz CT molecular complexity index is 524. The predicted octanol–water partition coefficient (Wildman–Crippen LogP) is 3.08. The molecule has 1 unspecified atom stereocenters. The number of carbonyl (C=O) groups excluding carboxylic acids is 1. The number of likely N-dealkylation sites (tertiary alicyclic amines) is 1. The number of hydrogen-bond acceptors (Lipinski definition) is 3. The molecule has 2 fully saturated rings. The molecule has 0 radical (unpaired) electrons. The van der Waals surface area contributed by atoms with Crippen LogP contribution in [0.1, 0.15) is 48.9 Å². The Balaban J connectivity index is 1.64. The molecule has 1 saturated heterocycles. The molecule has 1 aliphatic heterocycles. The molecule has 0 bridgehead atoms. The van der Waals surface area contributed by atoms with E-state index in [1.54, 1.807) is 0 Å². The summed E-state index contributed by atoms with van der Waals surface area (Å²) in [6.45, 7) is 2.70. The van der Waals surface area contributed by atoms with E-state index in [0.717, 1.165) is 50.2 Å². The SMILES string of the molecule is CNCC1CCCN(C(=O)c2cccc(OC3CCCC3)c2)C1. The van der Waals surface area contributed by atoms with Gasteiger partial charge in [0.2, 0.25) is 0 Å². The first kappa shape index (κ1) is 16.3. The van der Waals surface area contributed by atoms with E-state index in [2.05, 4.69) is 5.32 Å². The summed E-state index contributed by atoms with van der Waals surface area (Å²) < 4.78 is 6.03. The smallest absolute Gasteiger partial charge is 0.253 e. The van der Waals surface area contributed by atoms with Gasteiger partial charge in [-0.2, -0.15) is 0 Å². The van der Waals surface area contributed by atoms with E-state index in [1.165, 1.54) is 19.3 Å². The number of hydrogen-bond donors (Lipinski definition) is 1. The van der Waals surface area contributed by atoms with Crippen molar-refractivity contribution in [3.63, 3.8) is 0 Å². The lowest BCUT2D eigenvalue weighted by Crippen LogP contribution is -2.42. The van der Waals surface area contributed by atoms with Gasteiger partial charge in [-0.3, -0.25) is 4.79 Å². The molecule has 2 aliphatic rings. The number of nitrogens with zero attached hydrogens (tertiary/aromatic N) is 1. The van der Waals surface area contributed by atoms with E-state index in [4.69, 9.17) is 4.74 Å². The predicted molar refractivity (Wildman–Crippen MR) is 91.9 cm³/mol. The van der Waals surface area contributed by atoms with Crippen LogP contribution in [-0.4, -0.2) is 43.6 Å². The van der Waals surface area contributed by atoms with Gasteiger partial charge in [-0.1, -0.05) is 6.07 Å². The van der Waals surface area contributed by atoms with Gasteiger partial charge in [0.05, 0.1) is 6.10 Å². The molecule has 1 aromatic rings. The molecule has 0 spiro atoms. The van der Waals surface area contributed by atoms with Crippen LogP contribution in [0, 0.1) is 5.92 Å². The van der Waals surface area contributed by atoms with Crippen molar-refractivity contribution in [2.24, 2.45) is 5.92 Å². The molecule has 0 aromatic heterocycles. The Labute approximate surface area is 139 Å². The summed E-state index contributed by atoms with van der Waals surface area (Å²) in [6, 6.07) is 7.73. The van der Waals surface area contributed by atoms with E-state index in [1.807, 2.05) is 36.2 Å². The van der Waals surface area contributed by atoms with Crippen molar-refractivity contribution in [3.8, 4) is 5.75 Å². The number of rotatable bonds is 5. The van der Waals surface area contributed by atoms with Crippen LogP contribution in [0.5, 0.6) is 5.75 Å². The van der Waals surface area contributed by atoms with Gasteiger partial charge in [0, 0.05) is 18.7 Å². The van der Waals surface area contributed by atoms with E-state index in [-0.39, 0.29) is 5.91 Å². The van der Waals surface area contributed by atoms with Crippen molar-refractivity contribution in [3.05, 3.63) is 29.8 Å². The van der Waals surface area contributed by atoms with Gasteiger partial charge in [-0.25, -0.2) is 0 Å². The fourth-order valence-corrected chi connectivity index (χ4v) is 3.79. The van der Waals surface area contributed by atoms with Gasteiger partial charge in [0.25, 0.3) is 5.91 Å². The summed E-state index contributed by atoms with van der Waals surface area (Å²) >= 11 is 0. The first-order chi connectivity index (χ1) is 11.3. The summed E-state index contributed by atoms with van der Waals surface area (Å²) in [6.07, 6.45) is 7.40. The maximum Gasteiger partial charge on any atom is 0.253 e. The van der Waals surface area contributed by atoms with Gasteiger partial charge < -0.3 is 15.0 Å². The van der Waals surface area contributed by atoms with Crippen LogP contribution in [0.3, 0.4) is 0 Å². The van der Waals surface area contributed by atoms with Crippen molar-refractivity contribution < 1.29 is 9.53 Å². The molecule has 1 amide bonds. The zero-order valence-electron chi connectivity index (χ0n) is 14.1. The molecule has 1 heterocycles. The Morgan fingerprint density at radius 2 is 2.09 bits per heavy atom. The van der Waals surface area contributed by atoms with E-state index in [9.17, 15) is 4.79 Å². The summed E-state index contributed by atoms with van der Waals surface area (Å²) in [7, 11) is 1.98. The summed E-state index contributed by atoms with van der Waals surface area (Å²) in [5, 5.41) is 3.23. The quantitative estimate of drug-likeness (QED) is 0.907. The van der Waals surface area contributed by atoms with Crippen molar-refractivity contribution in [2.45, 2.75) is 44.6 Å². The van der Waals surface area contributed by atoms with Crippen LogP contribution in [0.15, 0.2) is 24.3 Å². The van der Waals surface area contributed by atoms with Crippen molar-refractivity contribution in [1.82, 2.24) is 10.2 Å². The zero-order valence-corrected chi connectivity index (χ0v) is 14.1. The molecule has 4 heteroatoms. The van der Waals surface area contributed by atoms with Gasteiger partial charge in [-0.15, -0.1) is 0 Å². The molecular formula is C19H28N2O2. The van der Waals surface area contributed by atoms with Crippen molar-refractivity contribution in [2.75, 3.05) is 26.7 Å². The van der Waals surface area contributed by atoms with Gasteiger partial charge in [-0.05, 0) is 76.2 Å². The highest BCUT2D eigenvalue weighted by molar-refractivity contribution is 5.94. The molecule has 3 rings (SSSR count). The van der Waals surface area contributed by atoms with Crippen molar-refractivity contribution >= 4 is 5.91 Å².